The van der Waals surface area contributed by atoms with E-state index in [4.69, 9.17) is 10.5 Å². The molecule has 2 aromatic heterocycles. The van der Waals surface area contributed by atoms with Crippen molar-refractivity contribution in [3.05, 3.63) is 48.4 Å². The van der Waals surface area contributed by atoms with Gasteiger partial charge in [-0.05, 0) is 38.0 Å². The molecule has 0 aliphatic heterocycles. The molecular formula is C21H26N8O2. The topological polar surface area (TPSA) is 133 Å². The van der Waals surface area contributed by atoms with Gasteiger partial charge in [-0.1, -0.05) is 18.9 Å². The standard InChI is InChI=1S/C21H26N8O2/c1-2-31-18-9-4-3-8-17(18)27-21-23-13-16(19(22)30)20(28-21)26-14-6-5-7-15(12-14)29-24-10-11-25-29/h5-7,10-13,17-18H,2-4,8-9H2,1H3,(H2,22,30)(H2,23,26,27,28). The Morgan fingerprint density at radius 2 is 2.06 bits per heavy atom. The predicted molar refractivity (Wildman–Crippen MR) is 116 cm³/mol. The Bertz CT molecular complexity index is 1020. The van der Waals surface area contributed by atoms with E-state index in [1.807, 2.05) is 31.2 Å². The number of hydrogen-bond donors (Lipinski definition) is 3. The van der Waals surface area contributed by atoms with Crippen molar-refractivity contribution in [3.63, 3.8) is 0 Å². The lowest BCUT2D eigenvalue weighted by atomic mass is 9.92. The van der Waals surface area contributed by atoms with Gasteiger partial charge in [0.1, 0.15) is 11.4 Å². The maximum Gasteiger partial charge on any atom is 0.254 e. The van der Waals surface area contributed by atoms with Crippen LogP contribution in [0.2, 0.25) is 0 Å². The van der Waals surface area contributed by atoms with Gasteiger partial charge in [0, 0.05) is 18.5 Å². The van der Waals surface area contributed by atoms with Crippen LogP contribution in [0, 0.1) is 0 Å². The number of aromatic nitrogens is 5. The summed E-state index contributed by atoms with van der Waals surface area (Å²) in [5.74, 6) is 0.150. The molecule has 162 valence electrons. The first-order valence-electron chi connectivity index (χ1n) is 10.4. The molecule has 0 bridgehead atoms. The Morgan fingerprint density at radius 1 is 1.26 bits per heavy atom. The molecule has 0 radical (unpaired) electrons. The van der Waals surface area contributed by atoms with Crippen LogP contribution in [-0.4, -0.2) is 49.6 Å². The molecule has 0 spiro atoms. The number of anilines is 3. The molecule has 1 aliphatic rings. The summed E-state index contributed by atoms with van der Waals surface area (Å²) < 4.78 is 5.88. The molecule has 10 nitrogen and oxygen atoms in total. The molecule has 2 heterocycles. The fourth-order valence-electron chi connectivity index (χ4n) is 3.76. The summed E-state index contributed by atoms with van der Waals surface area (Å²) in [4.78, 5) is 22.3. The number of primary amides is 1. The van der Waals surface area contributed by atoms with E-state index in [-0.39, 0.29) is 17.7 Å². The van der Waals surface area contributed by atoms with Crippen LogP contribution in [0.15, 0.2) is 42.9 Å². The van der Waals surface area contributed by atoms with Crippen LogP contribution in [0.25, 0.3) is 5.69 Å². The molecule has 1 aliphatic carbocycles. The highest BCUT2D eigenvalue weighted by Gasteiger charge is 2.26. The summed E-state index contributed by atoms with van der Waals surface area (Å²) in [5.41, 5.74) is 7.24. The number of ether oxygens (including phenoxy) is 1. The van der Waals surface area contributed by atoms with Gasteiger partial charge in [0.2, 0.25) is 5.95 Å². The highest BCUT2D eigenvalue weighted by molar-refractivity contribution is 5.98. The smallest absolute Gasteiger partial charge is 0.254 e. The average molecular weight is 422 g/mol. The number of hydrogen-bond acceptors (Lipinski definition) is 8. The Hall–Kier alpha value is -3.53. The quantitative estimate of drug-likeness (QED) is 0.505. The first-order chi connectivity index (χ1) is 15.1. The second-order valence-electron chi connectivity index (χ2n) is 7.34. The number of nitrogens with zero attached hydrogens (tertiary/aromatic N) is 5. The maximum absolute atomic E-state index is 11.9. The van der Waals surface area contributed by atoms with Gasteiger partial charge in [-0.15, -0.1) is 0 Å². The summed E-state index contributed by atoms with van der Waals surface area (Å²) in [7, 11) is 0. The van der Waals surface area contributed by atoms with E-state index in [0.717, 1.165) is 31.4 Å². The molecule has 0 saturated heterocycles. The lowest BCUT2D eigenvalue weighted by Crippen LogP contribution is -2.39. The first-order valence-corrected chi connectivity index (χ1v) is 10.4. The fraction of sp³-hybridized carbons (Fsp3) is 0.381. The first kappa shape index (κ1) is 20.7. The van der Waals surface area contributed by atoms with Crippen molar-refractivity contribution in [1.82, 2.24) is 25.0 Å². The van der Waals surface area contributed by atoms with E-state index in [0.29, 0.717) is 24.1 Å². The molecular weight excluding hydrogens is 396 g/mol. The van der Waals surface area contributed by atoms with Crippen LogP contribution in [0.1, 0.15) is 43.0 Å². The number of nitrogens with two attached hydrogens (primary N) is 1. The fourth-order valence-corrected chi connectivity index (χ4v) is 3.76. The van der Waals surface area contributed by atoms with Gasteiger partial charge in [-0.25, -0.2) is 4.98 Å². The summed E-state index contributed by atoms with van der Waals surface area (Å²) in [6, 6.07) is 7.57. The Labute approximate surface area is 180 Å². The lowest BCUT2D eigenvalue weighted by Gasteiger charge is -2.31. The van der Waals surface area contributed by atoms with Gasteiger partial charge in [-0.2, -0.15) is 20.0 Å². The van der Waals surface area contributed by atoms with Crippen LogP contribution < -0.4 is 16.4 Å². The summed E-state index contributed by atoms with van der Waals surface area (Å²) in [6.07, 6.45) is 9.03. The normalized spacial score (nSPS) is 18.5. The number of nitrogens with one attached hydrogen (secondary N) is 2. The number of carbonyl (C=O) groups is 1. The van der Waals surface area contributed by atoms with Crippen molar-refractivity contribution in [3.8, 4) is 5.69 Å². The maximum atomic E-state index is 11.9. The van der Waals surface area contributed by atoms with Gasteiger partial charge in [0.15, 0.2) is 0 Å². The van der Waals surface area contributed by atoms with Gasteiger partial charge < -0.3 is 21.1 Å². The third kappa shape index (κ3) is 4.97. The molecule has 1 aromatic carbocycles. The van der Waals surface area contributed by atoms with Crippen LogP contribution in [0.3, 0.4) is 0 Å². The van der Waals surface area contributed by atoms with Crippen molar-refractivity contribution >= 4 is 23.4 Å². The van der Waals surface area contributed by atoms with Crippen molar-refractivity contribution in [2.75, 3.05) is 17.2 Å². The summed E-state index contributed by atoms with van der Waals surface area (Å²) in [6.45, 7) is 2.66. The van der Waals surface area contributed by atoms with Crippen LogP contribution in [-0.2, 0) is 4.74 Å². The van der Waals surface area contributed by atoms with Gasteiger partial charge >= 0.3 is 0 Å². The highest BCUT2D eigenvalue weighted by Crippen LogP contribution is 2.25. The molecule has 2 unspecified atom stereocenters. The van der Waals surface area contributed by atoms with Crippen molar-refractivity contribution in [2.24, 2.45) is 5.73 Å². The summed E-state index contributed by atoms with van der Waals surface area (Å²) >= 11 is 0. The molecule has 4 rings (SSSR count). The number of amides is 1. The minimum Gasteiger partial charge on any atom is -0.376 e. The second-order valence-corrected chi connectivity index (χ2v) is 7.34. The third-order valence-corrected chi connectivity index (χ3v) is 5.21. The van der Waals surface area contributed by atoms with Crippen LogP contribution >= 0.6 is 0 Å². The SMILES string of the molecule is CCOC1CCCCC1Nc1ncc(C(N)=O)c(Nc2cccc(-n3nccn3)c2)n1. The molecule has 3 aromatic rings. The molecule has 2 atom stereocenters. The van der Waals surface area contributed by atoms with E-state index >= 15 is 0 Å². The summed E-state index contributed by atoms with van der Waals surface area (Å²) in [5, 5.41) is 14.8. The van der Waals surface area contributed by atoms with Crippen LogP contribution in [0.4, 0.5) is 17.5 Å². The zero-order valence-electron chi connectivity index (χ0n) is 17.4. The zero-order chi connectivity index (χ0) is 21.6. The van der Waals surface area contributed by atoms with Gasteiger partial charge in [0.05, 0.1) is 30.2 Å². The van der Waals surface area contributed by atoms with E-state index < -0.39 is 5.91 Å². The molecule has 1 saturated carbocycles. The molecule has 31 heavy (non-hydrogen) atoms. The van der Waals surface area contributed by atoms with Crippen LogP contribution in [0.5, 0.6) is 0 Å². The van der Waals surface area contributed by atoms with E-state index in [1.165, 1.54) is 11.0 Å². The number of carbonyl (C=O) groups excluding carboxylic acids is 1. The predicted octanol–water partition coefficient (Wildman–Crippen LogP) is 2.66. The number of benzene rings is 1. The van der Waals surface area contributed by atoms with Gasteiger partial charge in [0.25, 0.3) is 5.91 Å². The van der Waals surface area contributed by atoms with E-state index in [1.54, 1.807) is 12.4 Å². The Balaban J connectivity index is 1.58. The van der Waals surface area contributed by atoms with E-state index in [2.05, 4.69) is 30.8 Å². The third-order valence-electron chi connectivity index (χ3n) is 5.21. The molecule has 4 N–H and O–H groups in total. The largest absolute Gasteiger partial charge is 0.376 e. The van der Waals surface area contributed by atoms with Crippen molar-refractivity contribution in [1.29, 1.82) is 0 Å². The molecule has 10 heteroatoms. The average Bonchev–Trinajstić information content (AvgIpc) is 3.31. The van der Waals surface area contributed by atoms with E-state index in [9.17, 15) is 4.79 Å². The van der Waals surface area contributed by atoms with Crippen molar-refractivity contribution < 1.29 is 9.53 Å². The Morgan fingerprint density at radius 3 is 2.84 bits per heavy atom. The minimum atomic E-state index is -0.608. The Kier molecular flexibility index (Phi) is 6.37. The number of rotatable bonds is 8. The zero-order valence-corrected chi connectivity index (χ0v) is 17.4. The second kappa shape index (κ2) is 9.52. The van der Waals surface area contributed by atoms with Crippen molar-refractivity contribution in [2.45, 2.75) is 44.8 Å². The van der Waals surface area contributed by atoms with Gasteiger partial charge in [-0.3, -0.25) is 4.79 Å². The lowest BCUT2D eigenvalue weighted by molar-refractivity contribution is 0.0279. The molecule has 1 amide bonds. The highest BCUT2D eigenvalue weighted by atomic mass is 16.5. The monoisotopic (exact) mass is 422 g/mol. The molecule has 1 fully saturated rings. The minimum absolute atomic E-state index is 0.118.